The number of aryl methyl sites for hydroxylation is 1. The van der Waals surface area contributed by atoms with Gasteiger partial charge < -0.3 is 0 Å². The number of hydrogen-bond donors (Lipinski definition) is 0. The summed E-state index contributed by atoms with van der Waals surface area (Å²) in [5.74, 6) is 0. The number of rotatable bonds is 1. The van der Waals surface area contributed by atoms with Crippen molar-refractivity contribution >= 4 is 23.1 Å². The molecule has 3 heteroatoms. The summed E-state index contributed by atoms with van der Waals surface area (Å²) in [6.07, 6.45) is 5.49. The number of thiazole rings is 1. The van der Waals surface area contributed by atoms with Crippen LogP contribution in [0.5, 0.6) is 0 Å². The van der Waals surface area contributed by atoms with Crippen molar-refractivity contribution in [3.05, 3.63) is 17.3 Å². The molecule has 0 aromatic carbocycles. The first kappa shape index (κ1) is 6.11. The van der Waals surface area contributed by atoms with E-state index in [0.717, 1.165) is 4.34 Å². The highest BCUT2D eigenvalue weighted by Crippen LogP contribution is 2.21. The highest BCUT2D eigenvalue weighted by atomic mass is 32.2. The van der Waals surface area contributed by atoms with Crippen LogP contribution in [0.25, 0.3) is 0 Å². The quantitative estimate of drug-likeness (QED) is 0.561. The van der Waals surface area contributed by atoms with Crippen LogP contribution in [0.15, 0.2) is 10.5 Å². The topological polar surface area (TPSA) is 12.9 Å². The Labute approximate surface area is 57.1 Å². The van der Waals surface area contributed by atoms with Crippen LogP contribution in [0.2, 0.25) is 0 Å². The van der Waals surface area contributed by atoms with Gasteiger partial charge in [0.05, 0.1) is 0 Å². The van der Waals surface area contributed by atoms with Crippen molar-refractivity contribution in [1.29, 1.82) is 0 Å². The molecule has 0 saturated heterocycles. The third kappa shape index (κ3) is 1.23. The van der Waals surface area contributed by atoms with Gasteiger partial charge in [-0.15, -0.1) is 11.3 Å². The SMILES string of the molecule is [CH2]Sc1ncc(C)s1. The molecule has 0 unspecified atom stereocenters. The summed E-state index contributed by atoms with van der Waals surface area (Å²) in [5, 5.41) is 0. The molecular formula is C5H6NS2. The Morgan fingerprint density at radius 2 is 2.62 bits per heavy atom. The second-order valence-corrected chi connectivity index (χ2v) is 3.55. The Kier molecular flexibility index (Phi) is 1.91. The van der Waals surface area contributed by atoms with Crippen molar-refractivity contribution in [3.8, 4) is 0 Å². The van der Waals surface area contributed by atoms with Crippen molar-refractivity contribution in [3.63, 3.8) is 0 Å². The standard InChI is InChI=1S/C5H6NS2/c1-4-3-6-5(7-2)8-4/h3H,2H2,1H3. The third-order valence-electron chi connectivity index (χ3n) is 0.724. The number of nitrogens with zero attached hydrogens (tertiary/aromatic N) is 1. The van der Waals surface area contributed by atoms with E-state index in [9.17, 15) is 0 Å². The van der Waals surface area contributed by atoms with E-state index in [0.29, 0.717) is 0 Å². The molecule has 43 valence electrons. The molecule has 8 heavy (non-hydrogen) atoms. The molecule has 0 aliphatic carbocycles. The van der Waals surface area contributed by atoms with Gasteiger partial charge in [-0.3, -0.25) is 0 Å². The van der Waals surface area contributed by atoms with E-state index < -0.39 is 0 Å². The normalized spacial score (nSPS) is 9.75. The highest BCUT2D eigenvalue weighted by molar-refractivity contribution is 8.02. The molecule has 1 nitrogen and oxygen atoms in total. The van der Waals surface area contributed by atoms with Gasteiger partial charge in [0.15, 0.2) is 0 Å². The van der Waals surface area contributed by atoms with E-state index in [-0.39, 0.29) is 0 Å². The summed E-state index contributed by atoms with van der Waals surface area (Å²) in [5.41, 5.74) is 0. The molecule has 0 aliphatic heterocycles. The van der Waals surface area contributed by atoms with E-state index >= 15 is 0 Å². The third-order valence-corrected chi connectivity index (χ3v) is 2.39. The zero-order valence-electron chi connectivity index (χ0n) is 4.55. The van der Waals surface area contributed by atoms with Crippen LogP contribution in [0.3, 0.4) is 0 Å². The van der Waals surface area contributed by atoms with Gasteiger partial charge in [-0.25, -0.2) is 4.98 Å². The van der Waals surface area contributed by atoms with Crippen molar-refractivity contribution < 1.29 is 0 Å². The molecule has 1 heterocycles. The maximum absolute atomic E-state index is 4.05. The van der Waals surface area contributed by atoms with Crippen molar-refractivity contribution in [2.45, 2.75) is 11.3 Å². The zero-order chi connectivity index (χ0) is 5.98. The summed E-state index contributed by atoms with van der Waals surface area (Å²) in [6.45, 7) is 2.04. The molecule has 0 amide bonds. The van der Waals surface area contributed by atoms with Crippen LogP contribution >= 0.6 is 23.1 Å². The van der Waals surface area contributed by atoms with Gasteiger partial charge in [-0.05, 0) is 6.92 Å². The van der Waals surface area contributed by atoms with Gasteiger partial charge in [0, 0.05) is 17.3 Å². The molecular weight excluding hydrogens is 138 g/mol. The van der Waals surface area contributed by atoms with E-state index in [1.165, 1.54) is 16.6 Å². The summed E-state index contributed by atoms with van der Waals surface area (Å²) >= 11 is 3.12. The summed E-state index contributed by atoms with van der Waals surface area (Å²) in [6, 6.07) is 0. The Balaban J connectivity index is 2.84. The number of aromatic nitrogens is 1. The predicted molar refractivity (Wildman–Crippen MR) is 38.1 cm³/mol. The first-order valence-corrected chi connectivity index (χ1v) is 3.97. The van der Waals surface area contributed by atoms with Crippen LogP contribution < -0.4 is 0 Å². The largest absolute Gasteiger partial charge is 0.238 e. The molecule has 0 spiro atoms. The lowest BCUT2D eigenvalue weighted by Crippen LogP contribution is -1.56. The van der Waals surface area contributed by atoms with E-state index in [1.54, 1.807) is 11.3 Å². The first-order chi connectivity index (χ1) is 3.83. The summed E-state index contributed by atoms with van der Waals surface area (Å²) in [4.78, 5) is 5.30. The highest BCUT2D eigenvalue weighted by Gasteiger charge is 1.92. The second-order valence-electron chi connectivity index (χ2n) is 1.38. The molecule has 0 bridgehead atoms. The molecule has 1 aromatic rings. The zero-order valence-corrected chi connectivity index (χ0v) is 6.18. The van der Waals surface area contributed by atoms with Gasteiger partial charge in [0.25, 0.3) is 0 Å². The Morgan fingerprint density at radius 1 is 1.88 bits per heavy atom. The molecule has 0 saturated carbocycles. The minimum atomic E-state index is 1.04. The number of thioether (sulfide) groups is 1. The van der Waals surface area contributed by atoms with E-state index in [2.05, 4.69) is 11.2 Å². The van der Waals surface area contributed by atoms with Crippen LogP contribution in [0.1, 0.15) is 4.88 Å². The minimum absolute atomic E-state index is 1.04. The lowest BCUT2D eigenvalue weighted by Gasteiger charge is -1.77. The first-order valence-electron chi connectivity index (χ1n) is 2.17. The second kappa shape index (κ2) is 2.51. The van der Waals surface area contributed by atoms with Crippen LogP contribution in [-0.4, -0.2) is 4.98 Å². The Hall–Kier alpha value is -0.0200. The number of hydrogen-bond acceptors (Lipinski definition) is 3. The van der Waals surface area contributed by atoms with Crippen molar-refractivity contribution in [1.82, 2.24) is 4.98 Å². The monoisotopic (exact) mass is 144 g/mol. The average Bonchev–Trinajstić information content (AvgIpc) is 2.14. The predicted octanol–water partition coefficient (Wildman–Crippen LogP) is 2.34. The fourth-order valence-corrected chi connectivity index (χ4v) is 1.64. The summed E-state index contributed by atoms with van der Waals surface area (Å²) < 4.78 is 1.04. The van der Waals surface area contributed by atoms with Gasteiger partial charge in [0.2, 0.25) is 0 Å². The molecule has 0 fully saturated rings. The molecule has 0 aliphatic rings. The van der Waals surface area contributed by atoms with E-state index in [4.69, 9.17) is 0 Å². The fourth-order valence-electron chi connectivity index (χ4n) is 0.401. The molecule has 1 aromatic heterocycles. The smallest absolute Gasteiger partial charge is 0.150 e. The molecule has 1 rings (SSSR count). The maximum atomic E-state index is 4.05. The van der Waals surface area contributed by atoms with Crippen molar-refractivity contribution in [2.75, 3.05) is 0 Å². The molecule has 0 N–H and O–H groups in total. The summed E-state index contributed by atoms with van der Waals surface area (Å²) in [7, 11) is 0. The Morgan fingerprint density at radius 3 is 2.88 bits per heavy atom. The fraction of sp³-hybridized carbons (Fsp3) is 0.200. The molecule has 0 atom stereocenters. The lowest BCUT2D eigenvalue weighted by atomic mass is 10.7. The maximum Gasteiger partial charge on any atom is 0.150 e. The van der Waals surface area contributed by atoms with Crippen LogP contribution in [-0.2, 0) is 0 Å². The van der Waals surface area contributed by atoms with Gasteiger partial charge in [0.1, 0.15) is 4.34 Å². The average molecular weight is 144 g/mol. The lowest BCUT2D eigenvalue weighted by molar-refractivity contribution is 1.25. The van der Waals surface area contributed by atoms with Crippen LogP contribution in [0.4, 0.5) is 0 Å². The van der Waals surface area contributed by atoms with Crippen molar-refractivity contribution in [2.24, 2.45) is 0 Å². The molecule has 1 radical (unpaired) electrons. The van der Waals surface area contributed by atoms with Crippen LogP contribution in [0, 0.1) is 13.2 Å². The van der Waals surface area contributed by atoms with Gasteiger partial charge >= 0.3 is 0 Å². The van der Waals surface area contributed by atoms with Gasteiger partial charge in [-0.1, -0.05) is 11.8 Å². The minimum Gasteiger partial charge on any atom is -0.238 e. The Bertz CT molecular complexity index is 171. The van der Waals surface area contributed by atoms with Gasteiger partial charge in [-0.2, -0.15) is 0 Å². The van der Waals surface area contributed by atoms with E-state index in [1.807, 2.05) is 13.1 Å².